The van der Waals surface area contributed by atoms with Crippen molar-refractivity contribution in [3.8, 4) is 22.5 Å². The third-order valence-electron chi connectivity index (χ3n) is 10.1. The van der Waals surface area contributed by atoms with E-state index in [1.807, 2.05) is 30.3 Å². The molecule has 1 N–H and O–H groups in total. The van der Waals surface area contributed by atoms with E-state index in [-0.39, 0.29) is 19.8 Å². The highest BCUT2D eigenvalue weighted by atomic mass is 19.1. The maximum Gasteiger partial charge on any atom is 0.254 e. The van der Waals surface area contributed by atoms with Gasteiger partial charge in [-0.05, 0) is 24.3 Å². The zero-order chi connectivity index (χ0) is 36.6. The first-order valence-electron chi connectivity index (χ1n) is 17.2. The molecule has 3 aliphatic heterocycles. The quantitative estimate of drug-likeness (QED) is 0.251. The van der Waals surface area contributed by atoms with Crippen LogP contribution < -0.4 is 0 Å². The van der Waals surface area contributed by atoms with Crippen LogP contribution in [0.15, 0.2) is 91.3 Å². The molecule has 1 amide bonds. The van der Waals surface area contributed by atoms with Crippen molar-refractivity contribution in [3.05, 3.63) is 108 Å². The number of hydrogen-bond donors (Lipinski definition) is 1. The number of hydrogen-bond acceptors (Lipinski definition) is 11. The molecule has 53 heavy (non-hydrogen) atoms. The summed E-state index contributed by atoms with van der Waals surface area (Å²) in [7, 11) is 3.03. The van der Waals surface area contributed by atoms with Crippen molar-refractivity contribution in [1.29, 1.82) is 0 Å². The Labute approximate surface area is 302 Å². The number of fused-ring (bicyclic) bond motifs is 1. The fourth-order valence-corrected chi connectivity index (χ4v) is 7.27. The van der Waals surface area contributed by atoms with Crippen molar-refractivity contribution in [3.63, 3.8) is 0 Å². The number of aromatic nitrogens is 6. The van der Waals surface area contributed by atoms with Gasteiger partial charge < -0.3 is 33.7 Å². The second-order valence-corrected chi connectivity index (χ2v) is 13.3. The van der Waals surface area contributed by atoms with Gasteiger partial charge >= 0.3 is 0 Å². The minimum absolute atomic E-state index is 0.0380. The second-order valence-electron chi connectivity index (χ2n) is 13.3. The number of methoxy groups -OCH3 is 1. The van der Waals surface area contributed by atoms with Crippen LogP contribution in [-0.4, -0.2) is 116 Å². The average molecular weight is 730 g/mol. The maximum atomic E-state index is 14.5. The lowest BCUT2D eigenvalue weighted by atomic mass is 9.90. The maximum absolute atomic E-state index is 14.5. The molecular formula is C37H37F2N7O7. The Bertz CT molecular complexity index is 2050. The minimum Gasteiger partial charge on any atom is -0.389 e. The summed E-state index contributed by atoms with van der Waals surface area (Å²) in [6, 6.07) is 19.2. The smallest absolute Gasteiger partial charge is 0.254 e. The Morgan fingerprint density at radius 1 is 0.868 bits per heavy atom. The van der Waals surface area contributed by atoms with Crippen LogP contribution in [0.3, 0.4) is 0 Å². The Morgan fingerprint density at radius 2 is 1.53 bits per heavy atom. The highest BCUT2D eigenvalue weighted by Gasteiger charge is 2.55. The molecule has 5 aromatic rings. The molecule has 0 spiro atoms. The standard InChI is InChI=1S/C37H37F2N7O7/c1-44(28-18-50-19-29(32(28)47)45-16-26(40-42-45)22-10-6-12-24(38)14-22)36(48)35-34(49-2)31(46-17-27(41-43-46)23-11-7-13-25(39)15-23)33-30(52-35)20-51-37(53-33)21-8-4-3-5-9-21/h3-17,28-35,37,47H,18-20H2,1-2H3/t28-,29+,30+,31-,32+,33-,34+,35+,37?/m0/s1. The zero-order valence-corrected chi connectivity index (χ0v) is 28.8. The molecular weight excluding hydrogens is 692 g/mol. The number of carbonyl (C=O) groups is 1. The normalized spacial score (nSPS) is 28.7. The van der Waals surface area contributed by atoms with E-state index in [1.165, 1.54) is 41.0 Å². The Kier molecular flexibility index (Phi) is 9.80. The molecule has 0 aliphatic carbocycles. The highest BCUT2D eigenvalue weighted by molar-refractivity contribution is 5.82. The van der Waals surface area contributed by atoms with Crippen molar-refractivity contribution in [2.45, 2.75) is 54.9 Å². The molecule has 8 rings (SSSR count). The summed E-state index contributed by atoms with van der Waals surface area (Å²) in [5.74, 6) is -1.32. The Hall–Kier alpha value is -4.97. The van der Waals surface area contributed by atoms with Crippen molar-refractivity contribution in [1.82, 2.24) is 34.9 Å². The number of benzene rings is 3. The summed E-state index contributed by atoms with van der Waals surface area (Å²) in [6.07, 6.45) is -2.17. The van der Waals surface area contributed by atoms with E-state index in [2.05, 4.69) is 20.6 Å². The number of carbonyl (C=O) groups excluding carboxylic acids is 1. The van der Waals surface area contributed by atoms with Crippen LogP contribution in [0.1, 0.15) is 23.9 Å². The first-order valence-corrected chi connectivity index (χ1v) is 17.2. The van der Waals surface area contributed by atoms with E-state index in [0.717, 1.165) is 5.56 Å². The summed E-state index contributed by atoms with van der Waals surface area (Å²) in [6.45, 7) is 0.235. The molecule has 0 saturated carbocycles. The summed E-state index contributed by atoms with van der Waals surface area (Å²) in [5, 5.41) is 28.7. The number of rotatable bonds is 8. The SMILES string of the molecule is CO[C@@H]1[C@@H](n2cc(-c3cccc(F)c3)nn2)[C@H]2OC(c3ccccc3)OC[C@H]2O[C@H]1C(=O)N(C)[C@H]1COC[C@@H](n2cc(-c3cccc(F)c3)nn2)[C@@H]1O. The third-order valence-corrected chi connectivity index (χ3v) is 10.1. The van der Waals surface area contributed by atoms with Gasteiger partial charge in [-0.25, -0.2) is 18.1 Å². The van der Waals surface area contributed by atoms with E-state index in [0.29, 0.717) is 22.5 Å². The lowest BCUT2D eigenvalue weighted by Gasteiger charge is -2.49. The van der Waals surface area contributed by atoms with Crippen LogP contribution in [0.25, 0.3) is 22.5 Å². The topological polar surface area (TPSA) is 148 Å². The Balaban J connectivity index is 1.07. The van der Waals surface area contributed by atoms with E-state index in [4.69, 9.17) is 23.7 Å². The van der Waals surface area contributed by atoms with Crippen LogP contribution in [0.4, 0.5) is 8.78 Å². The van der Waals surface area contributed by atoms with Gasteiger partial charge in [-0.3, -0.25) is 4.79 Å². The van der Waals surface area contributed by atoms with Gasteiger partial charge in [0.15, 0.2) is 12.4 Å². The number of nitrogens with zero attached hydrogens (tertiary/aromatic N) is 7. The number of halogens is 2. The van der Waals surface area contributed by atoms with Gasteiger partial charge in [0.05, 0.1) is 38.3 Å². The number of ether oxygens (including phenoxy) is 5. The molecule has 3 fully saturated rings. The van der Waals surface area contributed by atoms with Gasteiger partial charge in [-0.2, -0.15) is 0 Å². The summed E-state index contributed by atoms with van der Waals surface area (Å²) >= 11 is 0. The molecule has 1 unspecified atom stereocenters. The zero-order valence-electron chi connectivity index (χ0n) is 28.8. The molecule has 3 saturated heterocycles. The van der Waals surface area contributed by atoms with Crippen molar-refractivity contribution < 1.29 is 42.4 Å². The van der Waals surface area contributed by atoms with Crippen LogP contribution in [0.5, 0.6) is 0 Å². The molecule has 9 atom stereocenters. The van der Waals surface area contributed by atoms with Crippen molar-refractivity contribution >= 4 is 5.91 Å². The lowest BCUT2D eigenvalue weighted by molar-refractivity contribution is -0.315. The molecule has 5 heterocycles. The molecule has 16 heteroatoms. The van der Waals surface area contributed by atoms with E-state index < -0.39 is 72.5 Å². The Morgan fingerprint density at radius 3 is 2.19 bits per heavy atom. The molecule has 0 bridgehead atoms. The summed E-state index contributed by atoms with van der Waals surface area (Å²) in [4.78, 5) is 15.9. The van der Waals surface area contributed by atoms with Gasteiger partial charge in [0, 0.05) is 30.8 Å². The third kappa shape index (κ3) is 6.85. The van der Waals surface area contributed by atoms with Crippen LogP contribution in [-0.2, 0) is 28.5 Å². The first-order chi connectivity index (χ1) is 25.8. The predicted octanol–water partition coefficient (Wildman–Crippen LogP) is 3.38. The van der Waals surface area contributed by atoms with Crippen LogP contribution >= 0.6 is 0 Å². The van der Waals surface area contributed by atoms with Crippen LogP contribution in [0, 0.1) is 11.6 Å². The monoisotopic (exact) mass is 729 g/mol. The summed E-state index contributed by atoms with van der Waals surface area (Å²) in [5.41, 5.74) is 2.68. The van der Waals surface area contributed by atoms with E-state index in [1.54, 1.807) is 48.4 Å². The number of amides is 1. The van der Waals surface area contributed by atoms with E-state index >= 15 is 0 Å². The lowest BCUT2D eigenvalue weighted by Crippen LogP contribution is -2.65. The van der Waals surface area contributed by atoms with Crippen molar-refractivity contribution in [2.75, 3.05) is 34.0 Å². The number of aliphatic hydroxyl groups excluding tert-OH is 1. The molecule has 0 radical (unpaired) electrons. The van der Waals surface area contributed by atoms with Crippen LogP contribution in [0.2, 0.25) is 0 Å². The largest absolute Gasteiger partial charge is 0.389 e. The first kappa shape index (κ1) is 35.1. The fraction of sp³-hybridized carbons (Fsp3) is 0.378. The van der Waals surface area contributed by atoms with Gasteiger partial charge in [0.2, 0.25) is 0 Å². The van der Waals surface area contributed by atoms with E-state index in [9.17, 15) is 18.7 Å². The highest BCUT2D eigenvalue weighted by Crippen LogP contribution is 2.41. The van der Waals surface area contributed by atoms with Gasteiger partial charge in [-0.1, -0.05) is 65.0 Å². The second kappa shape index (κ2) is 14.8. The molecule has 276 valence electrons. The van der Waals surface area contributed by atoms with Gasteiger partial charge in [0.1, 0.15) is 59.5 Å². The summed E-state index contributed by atoms with van der Waals surface area (Å²) < 4.78 is 62.1. The van der Waals surface area contributed by atoms with Gasteiger partial charge in [-0.15, -0.1) is 10.2 Å². The molecule has 2 aromatic heterocycles. The van der Waals surface area contributed by atoms with Gasteiger partial charge in [0.25, 0.3) is 5.91 Å². The molecule has 3 aromatic carbocycles. The average Bonchev–Trinajstić information content (AvgIpc) is 3.88. The predicted molar refractivity (Wildman–Crippen MR) is 182 cm³/mol. The number of aliphatic hydroxyl groups is 1. The molecule has 3 aliphatic rings. The fourth-order valence-electron chi connectivity index (χ4n) is 7.27. The van der Waals surface area contributed by atoms with Crippen molar-refractivity contribution in [2.24, 2.45) is 0 Å². The minimum atomic E-state index is -1.20. The molecule has 14 nitrogen and oxygen atoms in total. The number of likely N-dealkylation sites (N-methyl/N-ethyl adjacent to an activating group) is 1.